The lowest BCUT2D eigenvalue weighted by Crippen LogP contribution is -2.61. The molecule has 2 aliphatic rings. The quantitative estimate of drug-likeness (QED) is 0.658. The van der Waals surface area contributed by atoms with Crippen LogP contribution in [0.5, 0.6) is 0 Å². The van der Waals surface area contributed by atoms with Crippen molar-refractivity contribution in [2.45, 2.75) is 38.9 Å². The second kappa shape index (κ2) is 8.61. The highest BCUT2D eigenvalue weighted by molar-refractivity contribution is 9.10. The summed E-state index contributed by atoms with van der Waals surface area (Å²) in [6, 6.07) is 7.66. The summed E-state index contributed by atoms with van der Waals surface area (Å²) in [7, 11) is 1.64. The molecule has 2 atom stereocenters. The van der Waals surface area contributed by atoms with Gasteiger partial charge in [0.2, 0.25) is 5.91 Å². The smallest absolute Gasteiger partial charge is 0.321 e. The van der Waals surface area contributed by atoms with Crippen LogP contribution < -0.4 is 0 Å². The Bertz CT molecular complexity index is 697. The number of methoxy groups -OCH3 is 1. The van der Waals surface area contributed by atoms with Gasteiger partial charge in [0.15, 0.2) is 0 Å². The second-order valence-corrected chi connectivity index (χ2v) is 8.69. The number of halogens is 1. The van der Waals surface area contributed by atoms with Crippen molar-refractivity contribution in [1.29, 1.82) is 0 Å². The Morgan fingerprint density at radius 2 is 1.96 bits per heavy atom. The maximum atomic E-state index is 13.1. The molecule has 0 saturated carbocycles. The van der Waals surface area contributed by atoms with E-state index in [-0.39, 0.29) is 24.0 Å². The van der Waals surface area contributed by atoms with Crippen LogP contribution in [0.15, 0.2) is 28.7 Å². The van der Waals surface area contributed by atoms with Gasteiger partial charge >= 0.3 is 6.03 Å². The van der Waals surface area contributed by atoms with Crippen molar-refractivity contribution >= 4 is 27.9 Å². The fraction of sp³-hybridized carbons (Fsp3) is 0.600. The maximum absolute atomic E-state index is 13.1. The zero-order valence-electron chi connectivity index (χ0n) is 16.2. The number of fused-ring (bicyclic) bond motifs is 1. The van der Waals surface area contributed by atoms with Crippen LogP contribution in [-0.2, 0) is 16.1 Å². The Kier molecular flexibility index (Phi) is 6.42. The van der Waals surface area contributed by atoms with E-state index < -0.39 is 0 Å². The van der Waals surface area contributed by atoms with Crippen LogP contribution in [-0.4, -0.2) is 72.1 Å². The van der Waals surface area contributed by atoms with E-state index in [1.807, 2.05) is 39.0 Å². The minimum absolute atomic E-state index is 0.0228. The topological polar surface area (TPSA) is 53.1 Å². The summed E-state index contributed by atoms with van der Waals surface area (Å²) < 4.78 is 6.17. The van der Waals surface area contributed by atoms with Crippen molar-refractivity contribution in [2.75, 3.05) is 33.4 Å². The molecule has 2 heterocycles. The number of piperazine rings is 1. The van der Waals surface area contributed by atoms with Gasteiger partial charge in [-0.25, -0.2) is 4.79 Å². The lowest BCUT2D eigenvalue weighted by atomic mass is 9.97. The number of carbonyl (C=O) groups excluding carboxylic acids is 2. The van der Waals surface area contributed by atoms with Crippen LogP contribution in [0.1, 0.15) is 25.8 Å². The zero-order valence-corrected chi connectivity index (χ0v) is 17.8. The van der Waals surface area contributed by atoms with Gasteiger partial charge in [0.25, 0.3) is 0 Å². The first-order chi connectivity index (χ1) is 12.9. The van der Waals surface area contributed by atoms with Crippen molar-refractivity contribution < 1.29 is 14.3 Å². The van der Waals surface area contributed by atoms with E-state index in [0.29, 0.717) is 45.1 Å². The highest BCUT2D eigenvalue weighted by Gasteiger charge is 2.49. The number of hydrogen-bond donors (Lipinski definition) is 0. The van der Waals surface area contributed by atoms with Gasteiger partial charge in [-0.05, 0) is 30.0 Å². The fourth-order valence-corrected chi connectivity index (χ4v) is 4.45. The van der Waals surface area contributed by atoms with Gasteiger partial charge in [-0.3, -0.25) is 4.79 Å². The summed E-state index contributed by atoms with van der Waals surface area (Å²) in [5.74, 6) is 0.392. The number of nitrogens with zero attached hydrogens (tertiary/aromatic N) is 3. The van der Waals surface area contributed by atoms with E-state index >= 15 is 0 Å². The van der Waals surface area contributed by atoms with E-state index in [1.165, 1.54) is 0 Å². The molecule has 1 aromatic carbocycles. The van der Waals surface area contributed by atoms with Gasteiger partial charge in [-0.2, -0.15) is 0 Å². The number of ether oxygens (including phenoxy) is 1. The monoisotopic (exact) mass is 437 g/mol. The first-order valence-corrected chi connectivity index (χ1v) is 10.3. The van der Waals surface area contributed by atoms with E-state index in [4.69, 9.17) is 4.74 Å². The molecule has 0 N–H and O–H groups in total. The van der Waals surface area contributed by atoms with Crippen LogP contribution in [0.25, 0.3) is 0 Å². The molecule has 3 amide bonds. The molecule has 27 heavy (non-hydrogen) atoms. The number of urea groups is 1. The average Bonchev–Trinajstić information content (AvgIpc) is 2.91. The SMILES string of the molecule is COCCN1C[C@H]2CN(Cc3cccc(Br)c3)C(=O)N2[C@@H](CC(C)C)C1=O. The number of rotatable bonds is 7. The molecule has 3 rings (SSSR count). The average molecular weight is 438 g/mol. The Labute approximate surface area is 169 Å². The molecule has 2 saturated heterocycles. The Balaban J connectivity index is 1.79. The lowest BCUT2D eigenvalue weighted by molar-refractivity contribution is -0.143. The van der Waals surface area contributed by atoms with Crippen LogP contribution in [0.4, 0.5) is 4.79 Å². The highest BCUT2D eigenvalue weighted by atomic mass is 79.9. The Morgan fingerprint density at radius 1 is 1.22 bits per heavy atom. The normalized spacial score (nSPS) is 22.8. The molecular formula is C20H28BrN3O3. The molecule has 0 bridgehead atoms. The minimum atomic E-state index is -0.374. The van der Waals surface area contributed by atoms with Gasteiger partial charge in [0.1, 0.15) is 6.04 Å². The van der Waals surface area contributed by atoms with Crippen molar-refractivity contribution in [3.05, 3.63) is 34.3 Å². The van der Waals surface area contributed by atoms with E-state index in [2.05, 4.69) is 29.8 Å². The van der Waals surface area contributed by atoms with Gasteiger partial charge in [-0.1, -0.05) is 41.9 Å². The molecule has 1 aromatic rings. The third-order valence-corrected chi connectivity index (χ3v) is 5.70. The molecule has 2 fully saturated rings. The number of benzene rings is 1. The predicted octanol–water partition coefficient (Wildman–Crippen LogP) is 2.96. The summed E-state index contributed by atoms with van der Waals surface area (Å²) in [6.45, 7) is 7.07. The van der Waals surface area contributed by atoms with Gasteiger partial charge in [-0.15, -0.1) is 0 Å². The summed E-state index contributed by atoms with van der Waals surface area (Å²) in [5.41, 5.74) is 1.08. The Hall–Kier alpha value is -1.60. The third kappa shape index (κ3) is 4.46. The largest absolute Gasteiger partial charge is 0.383 e. The molecular weight excluding hydrogens is 410 g/mol. The van der Waals surface area contributed by atoms with Gasteiger partial charge < -0.3 is 19.4 Å². The van der Waals surface area contributed by atoms with Crippen LogP contribution in [0, 0.1) is 5.92 Å². The van der Waals surface area contributed by atoms with Gasteiger partial charge in [0.05, 0.1) is 12.6 Å². The summed E-state index contributed by atoms with van der Waals surface area (Å²) in [4.78, 5) is 31.7. The minimum Gasteiger partial charge on any atom is -0.383 e. The first-order valence-electron chi connectivity index (χ1n) is 9.50. The molecule has 6 nitrogen and oxygen atoms in total. The van der Waals surface area contributed by atoms with E-state index in [0.717, 1.165) is 10.0 Å². The van der Waals surface area contributed by atoms with Crippen LogP contribution in [0.3, 0.4) is 0 Å². The zero-order chi connectivity index (χ0) is 19.6. The summed E-state index contributed by atoms with van der Waals surface area (Å²) in [6.07, 6.45) is 0.690. The molecule has 7 heteroatoms. The molecule has 0 aliphatic carbocycles. The summed E-state index contributed by atoms with van der Waals surface area (Å²) >= 11 is 3.49. The molecule has 0 spiro atoms. The number of amides is 3. The second-order valence-electron chi connectivity index (χ2n) is 7.78. The first kappa shape index (κ1) is 20.1. The standard InChI is InChI=1S/C20H28BrN3O3/c1-14(2)9-18-19(25)22(7-8-27-3)12-17-13-23(20(26)24(17)18)11-15-5-4-6-16(21)10-15/h4-6,10,14,17-18H,7-9,11-13H2,1-3H3/t17-,18-/m0/s1. The van der Waals surface area contributed by atoms with Crippen LogP contribution >= 0.6 is 15.9 Å². The van der Waals surface area contributed by atoms with Crippen molar-refractivity contribution in [1.82, 2.24) is 14.7 Å². The number of carbonyl (C=O) groups is 2. The van der Waals surface area contributed by atoms with E-state index in [9.17, 15) is 9.59 Å². The fourth-order valence-electron chi connectivity index (χ4n) is 4.00. The van der Waals surface area contributed by atoms with Crippen molar-refractivity contribution in [2.24, 2.45) is 5.92 Å². The van der Waals surface area contributed by atoms with Crippen molar-refractivity contribution in [3.8, 4) is 0 Å². The number of hydrogen-bond acceptors (Lipinski definition) is 3. The highest BCUT2D eigenvalue weighted by Crippen LogP contribution is 2.30. The van der Waals surface area contributed by atoms with E-state index in [1.54, 1.807) is 7.11 Å². The molecule has 0 radical (unpaired) electrons. The maximum Gasteiger partial charge on any atom is 0.321 e. The lowest BCUT2D eigenvalue weighted by Gasteiger charge is -2.42. The molecule has 0 unspecified atom stereocenters. The third-order valence-electron chi connectivity index (χ3n) is 5.20. The molecule has 0 aromatic heterocycles. The molecule has 148 valence electrons. The van der Waals surface area contributed by atoms with Crippen LogP contribution in [0.2, 0.25) is 0 Å². The summed E-state index contributed by atoms with van der Waals surface area (Å²) in [5, 5.41) is 0. The predicted molar refractivity (Wildman–Crippen MR) is 107 cm³/mol. The van der Waals surface area contributed by atoms with Crippen molar-refractivity contribution in [3.63, 3.8) is 0 Å². The Morgan fingerprint density at radius 3 is 2.63 bits per heavy atom. The molecule has 2 aliphatic heterocycles. The van der Waals surface area contributed by atoms with Gasteiger partial charge in [0, 0.05) is 37.8 Å².